The average molecular weight is 578 g/mol. The fraction of sp³-hybridized carbons (Fsp3) is 0.129. The molecule has 1 aliphatic rings. The van der Waals surface area contributed by atoms with Crippen molar-refractivity contribution in [3.63, 3.8) is 0 Å². The van der Waals surface area contributed by atoms with Crippen molar-refractivity contribution in [3.8, 4) is 23.2 Å². The third-order valence-electron chi connectivity index (χ3n) is 7.04. The van der Waals surface area contributed by atoms with Crippen LogP contribution in [0.4, 0.5) is 0 Å². The number of rotatable bonds is 7. The zero-order chi connectivity index (χ0) is 28.6. The molecular formula is C31H24ClN7O3. The first-order valence-corrected chi connectivity index (χ1v) is 13.6. The topological polar surface area (TPSA) is 101 Å². The van der Waals surface area contributed by atoms with Crippen molar-refractivity contribution < 1.29 is 14.3 Å². The van der Waals surface area contributed by atoms with Gasteiger partial charge in [0.05, 0.1) is 41.8 Å². The average Bonchev–Trinajstić information content (AvgIpc) is 3.59. The summed E-state index contributed by atoms with van der Waals surface area (Å²) < 4.78 is 15.3. The van der Waals surface area contributed by atoms with E-state index in [2.05, 4.69) is 15.2 Å². The minimum Gasteiger partial charge on any atom is -0.497 e. The van der Waals surface area contributed by atoms with Crippen LogP contribution in [0.1, 0.15) is 39.7 Å². The Balaban J connectivity index is 1.32. The van der Waals surface area contributed by atoms with Crippen LogP contribution in [0.3, 0.4) is 0 Å². The zero-order valence-corrected chi connectivity index (χ0v) is 23.4. The molecule has 6 aromatic rings. The number of nitrogens with zero attached hydrogens (tertiary/aromatic N) is 7. The second-order valence-electron chi connectivity index (χ2n) is 9.68. The molecule has 0 aliphatic carbocycles. The summed E-state index contributed by atoms with van der Waals surface area (Å²) in [4.78, 5) is 15.0. The van der Waals surface area contributed by atoms with Gasteiger partial charge in [-0.2, -0.15) is 5.10 Å². The number of hydrogen-bond acceptors (Lipinski definition) is 8. The van der Waals surface area contributed by atoms with E-state index in [0.29, 0.717) is 28.3 Å². The van der Waals surface area contributed by atoms with Crippen molar-refractivity contribution in [1.29, 1.82) is 0 Å². The molecule has 3 aromatic heterocycles. The van der Waals surface area contributed by atoms with Gasteiger partial charge in [0.1, 0.15) is 12.1 Å². The maximum Gasteiger partial charge on any atom is 0.230 e. The van der Waals surface area contributed by atoms with E-state index in [1.54, 1.807) is 28.8 Å². The molecule has 1 unspecified atom stereocenters. The summed E-state index contributed by atoms with van der Waals surface area (Å²) in [7, 11) is 1.65. The maximum absolute atomic E-state index is 6.47. The van der Waals surface area contributed by atoms with Crippen molar-refractivity contribution in [2.24, 2.45) is 5.16 Å². The van der Waals surface area contributed by atoms with Crippen LogP contribution in [0.25, 0.3) is 11.3 Å². The van der Waals surface area contributed by atoms with Gasteiger partial charge in [-0.1, -0.05) is 65.3 Å². The number of halogens is 1. The molecule has 4 heterocycles. The van der Waals surface area contributed by atoms with E-state index in [1.165, 1.54) is 0 Å². The largest absolute Gasteiger partial charge is 0.497 e. The molecule has 11 heteroatoms. The van der Waals surface area contributed by atoms with Gasteiger partial charge in [0.15, 0.2) is 18.1 Å². The van der Waals surface area contributed by atoms with Crippen molar-refractivity contribution in [1.82, 2.24) is 29.4 Å². The molecule has 208 valence electrons. The first kappa shape index (κ1) is 25.7. The van der Waals surface area contributed by atoms with E-state index in [9.17, 15) is 0 Å². The lowest BCUT2D eigenvalue weighted by Gasteiger charge is -2.26. The van der Waals surface area contributed by atoms with Crippen LogP contribution in [-0.4, -0.2) is 42.7 Å². The Labute approximate surface area is 245 Å². The molecule has 10 nitrogen and oxygen atoms in total. The van der Waals surface area contributed by atoms with E-state index in [1.807, 2.05) is 85.8 Å². The summed E-state index contributed by atoms with van der Waals surface area (Å²) in [5.41, 5.74) is 5.79. The number of ether oxygens (including phenoxy) is 2. The number of fused-ring (bicyclic) bond motifs is 4. The molecule has 0 fully saturated rings. The summed E-state index contributed by atoms with van der Waals surface area (Å²) in [6.45, 7) is 2.05. The Hall–Kier alpha value is -5.22. The molecular weight excluding hydrogens is 554 g/mol. The van der Waals surface area contributed by atoms with E-state index in [4.69, 9.17) is 36.0 Å². The highest BCUT2D eigenvalue weighted by Crippen LogP contribution is 2.49. The molecule has 1 aliphatic heterocycles. The highest BCUT2D eigenvalue weighted by molar-refractivity contribution is 6.30. The number of hydrogen-bond donors (Lipinski definition) is 0. The van der Waals surface area contributed by atoms with Crippen molar-refractivity contribution in [2.45, 2.75) is 19.4 Å². The summed E-state index contributed by atoms with van der Waals surface area (Å²) in [5, 5.41) is 14.1. The third-order valence-corrected chi connectivity index (χ3v) is 7.27. The van der Waals surface area contributed by atoms with Gasteiger partial charge in [-0.25, -0.2) is 19.2 Å². The Bertz CT molecular complexity index is 1930. The molecule has 0 radical (unpaired) electrons. The predicted octanol–water partition coefficient (Wildman–Crippen LogP) is 6.12. The molecule has 42 heavy (non-hydrogen) atoms. The zero-order valence-electron chi connectivity index (χ0n) is 22.7. The monoisotopic (exact) mass is 577 g/mol. The summed E-state index contributed by atoms with van der Waals surface area (Å²) >= 11 is 6.32. The number of aromatic nitrogens is 6. The van der Waals surface area contributed by atoms with E-state index < -0.39 is 0 Å². The van der Waals surface area contributed by atoms with Crippen LogP contribution in [-0.2, 0) is 11.4 Å². The van der Waals surface area contributed by atoms with Gasteiger partial charge in [0.25, 0.3) is 0 Å². The lowest BCUT2D eigenvalue weighted by Crippen LogP contribution is -2.16. The Morgan fingerprint density at radius 2 is 1.83 bits per heavy atom. The summed E-state index contributed by atoms with van der Waals surface area (Å²) in [6.07, 6.45) is 3.23. The normalized spacial score (nSPS) is 14.0. The summed E-state index contributed by atoms with van der Waals surface area (Å²) in [5.74, 6) is 1.90. The van der Waals surface area contributed by atoms with Gasteiger partial charge in [-0.3, -0.25) is 0 Å². The van der Waals surface area contributed by atoms with Crippen LogP contribution in [0.5, 0.6) is 17.5 Å². The SMILES string of the molecule is COc1ccc(C2c3c(C)nn(-c4cccc(Cl)c4)c3Oc3ncn4nc(CON=Cc5ccccc5)nc4c32)cc1. The second-order valence-corrected chi connectivity index (χ2v) is 10.1. The van der Waals surface area contributed by atoms with Gasteiger partial charge in [0, 0.05) is 5.02 Å². The van der Waals surface area contributed by atoms with Gasteiger partial charge in [-0.15, -0.1) is 5.10 Å². The van der Waals surface area contributed by atoms with Crippen molar-refractivity contribution in [3.05, 3.63) is 124 Å². The Kier molecular flexibility index (Phi) is 6.52. The summed E-state index contributed by atoms with van der Waals surface area (Å²) in [6, 6.07) is 25.1. The highest BCUT2D eigenvalue weighted by atomic mass is 35.5. The molecule has 1 atom stereocenters. The van der Waals surface area contributed by atoms with E-state index in [-0.39, 0.29) is 12.5 Å². The number of aryl methyl sites for hydroxylation is 1. The number of oxime groups is 1. The first-order valence-electron chi connectivity index (χ1n) is 13.2. The van der Waals surface area contributed by atoms with Crippen LogP contribution < -0.4 is 9.47 Å². The van der Waals surface area contributed by atoms with E-state index in [0.717, 1.165) is 39.4 Å². The van der Waals surface area contributed by atoms with Gasteiger partial charge < -0.3 is 14.3 Å². The predicted molar refractivity (Wildman–Crippen MR) is 157 cm³/mol. The van der Waals surface area contributed by atoms with Gasteiger partial charge >= 0.3 is 0 Å². The minimum absolute atomic E-state index is 0.0881. The Morgan fingerprint density at radius 3 is 2.62 bits per heavy atom. The first-order chi connectivity index (χ1) is 20.6. The lowest BCUT2D eigenvalue weighted by atomic mass is 9.84. The second kappa shape index (κ2) is 10.6. The van der Waals surface area contributed by atoms with Crippen LogP contribution in [0, 0.1) is 6.92 Å². The molecule has 0 amide bonds. The van der Waals surface area contributed by atoms with Gasteiger partial charge in [0.2, 0.25) is 11.8 Å². The van der Waals surface area contributed by atoms with Crippen LogP contribution >= 0.6 is 11.6 Å². The van der Waals surface area contributed by atoms with Crippen LogP contribution in [0.2, 0.25) is 5.02 Å². The number of methoxy groups -OCH3 is 1. The standard InChI is InChI=1S/C31H24ClN7O3/c1-19-26-27(21-11-13-24(40-2)14-12-21)28-29-35-25(17-41-34-16-20-7-4-3-5-8-20)37-38(29)18-33-30(28)42-31(26)39(36-19)23-10-6-9-22(32)15-23/h3-16,18,27H,17H2,1-2H3. The lowest BCUT2D eigenvalue weighted by molar-refractivity contribution is 0.126. The molecule has 7 rings (SSSR count). The highest BCUT2D eigenvalue weighted by Gasteiger charge is 2.38. The molecule has 0 N–H and O–H groups in total. The molecule has 0 bridgehead atoms. The van der Waals surface area contributed by atoms with E-state index >= 15 is 0 Å². The van der Waals surface area contributed by atoms with Crippen molar-refractivity contribution in [2.75, 3.05) is 7.11 Å². The van der Waals surface area contributed by atoms with Gasteiger partial charge in [-0.05, 0) is 48.4 Å². The molecule has 3 aromatic carbocycles. The smallest absolute Gasteiger partial charge is 0.230 e. The molecule has 0 spiro atoms. The quantitative estimate of drug-likeness (QED) is 0.166. The minimum atomic E-state index is -0.298. The van der Waals surface area contributed by atoms with Crippen molar-refractivity contribution >= 4 is 23.5 Å². The fourth-order valence-corrected chi connectivity index (χ4v) is 5.31. The van der Waals surface area contributed by atoms with Crippen LogP contribution in [0.15, 0.2) is 90.3 Å². The molecule has 0 saturated carbocycles. The Morgan fingerprint density at radius 1 is 1.00 bits per heavy atom. The maximum atomic E-state index is 6.47. The fourth-order valence-electron chi connectivity index (χ4n) is 5.13. The number of benzene rings is 3. The third kappa shape index (κ3) is 4.61. The molecule has 0 saturated heterocycles.